The van der Waals surface area contributed by atoms with Gasteiger partial charge >= 0.3 is 6.09 Å². The molecule has 1 aliphatic heterocycles. The van der Waals surface area contributed by atoms with Gasteiger partial charge in [-0.15, -0.1) is 0 Å². The number of amides is 1. The van der Waals surface area contributed by atoms with Crippen LogP contribution in [-0.2, 0) is 9.47 Å². The van der Waals surface area contributed by atoms with Gasteiger partial charge in [0.15, 0.2) is 0 Å². The Morgan fingerprint density at radius 2 is 1.91 bits per heavy atom. The lowest BCUT2D eigenvalue weighted by molar-refractivity contribution is 0.151. The highest BCUT2D eigenvalue weighted by molar-refractivity contribution is 5.84. The van der Waals surface area contributed by atoms with Crippen LogP contribution in [0, 0.1) is 17.8 Å². The van der Waals surface area contributed by atoms with E-state index in [0.29, 0.717) is 19.1 Å². The molecule has 3 fully saturated rings. The Balaban J connectivity index is 1.19. The number of benzene rings is 1. The Labute approximate surface area is 129 Å². The van der Waals surface area contributed by atoms with Gasteiger partial charge in [-0.3, -0.25) is 5.32 Å². The number of carbonyl (C=O) groups excluding carboxylic acids is 1. The molecule has 0 radical (unpaired) electrons. The SMILES string of the molecule is O=C(Nc1ccc(OCC2CO2)cc1)OCC1C2CCCC21. The van der Waals surface area contributed by atoms with Crippen LogP contribution in [0.15, 0.2) is 24.3 Å². The molecule has 0 aromatic heterocycles. The molecule has 1 saturated heterocycles. The van der Waals surface area contributed by atoms with Crippen LogP contribution in [-0.4, -0.2) is 32.0 Å². The second kappa shape index (κ2) is 5.80. The van der Waals surface area contributed by atoms with Gasteiger partial charge in [0, 0.05) is 5.69 Å². The first-order valence-electron chi connectivity index (χ1n) is 8.08. The van der Waals surface area contributed by atoms with Crippen LogP contribution < -0.4 is 10.1 Å². The van der Waals surface area contributed by atoms with E-state index in [1.165, 1.54) is 19.3 Å². The van der Waals surface area contributed by atoms with Gasteiger partial charge in [-0.05, 0) is 54.9 Å². The predicted octanol–water partition coefficient (Wildman–Crippen LogP) is 3.06. The zero-order valence-electron chi connectivity index (χ0n) is 12.5. The van der Waals surface area contributed by atoms with E-state index in [9.17, 15) is 4.79 Å². The summed E-state index contributed by atoms with van der Waals surface area (Å²) in [5.41, 5.74) is 0.719. The lowest BCUT2D eigenvalue weighted by atomic mass is 10.2. The average molecular weight is 303 g/mol. The van der Waals surface area contributed by atoms with E-state index in [4.69, 9.17) is 14.2 Å². The van der Waals surface area contributed by atoms with E-state index in [1.807, 2.05) is 24.3 Å². The maximum Gasteiger partial charge on any atom is 0.411 e. The average Bonchev–Trinajstić information content (AvgIpc) is 3.43. The van der Waals surface area contributed by atoms with E-state index in [0.717, 1.165) is 29.9 Å². The lowest BCUT2D eigenvalue weighted by Crippen LogP contribution is -2.16. The largest absolute Gasteiger partial charge is 0.491 e. The topological polar surface area (TPSA) is 60.1 Å². The molecule has 5 heteroatoms. The van der Waals surface area contributed by atoms with Crippen LogP contribution in [0.1, 0.15) is 19.3 Å². The summed E-state index contributed by atoms with van der Waals surface area (Å²) in [7, 11) is 0. The summed E-state index contributed by atoms with van der Waals surface area (Å²) in [4.78, 5) is 11.8. The van der Waals surface area contributed by atoms with Crippen LogP contribution in [0.4, 0.5) is 10.5 Å². The Hall–Kier alpha value is -1.75. The molecule has 1 amide bonds. The third kappa shape index (κ3) is 3.19. The van der Waals surface area contributed by atoms with E-state index < -0.39 is 0 Å². The molecule has 2 aliphatic carbocycles. The second-order valence-corrected chi connectivity index (χ2v) is 6.44. The summed E-state index contributed by atoms with van der Waals surface area (Å²) in [6.07, 6.45) is 3.85. The number of fused-ring (bicyclic) bond motifs is 1. The van der Waals surface area contributed by atoms with Crippen molar-refractivity contribution in [3.8, 4) is 5.75 Å². The minimum absolute atomic E-state index is 0.245. The molecule has 22 heavy (non-hydrogen) atoms. The van der Waals surface area contributed by atoms with Crippen LogP contribution in [0.2, 0.25) is 0 Å². The number of epoxide rings is 1. The summed E-state index contributed by atoms with van der Waals surface area (Å²) in [5.74, 6) is 3.03. The minimum atomic E-state index is -0.370. The standard InChI is InChI=1S/C17H21NO4/c19-17(22-10-16-14-2-1-3-15(14)16)18-11-4-6-12(7-5-11)20-8-13-9-21-13/h4-7,13-16H,1-3,8-10H2,(H,18,19). The van der Waals surface area contributed by atoms with Crippen molar-refractivity contribution in [1.29, 1.82) is 0 Å². The summed E-state index contributed by atoms with van der Waals surface area (Å²) in [5, 5.41) is 2.75. The Morgan fingerprint density at radius 1 is 1.18 bits per heavy atom. The number of ether oxygens (including phenoxy) is 3. The molecule has 1 aromatic carbocycles. The maximum atomic E-state index is 11.8. The lowest BCUT2D eigenvalue weighted by Gasteiger charge is -2.09. The van der Waals surface area contributed by atoms with Crippen molar-refractivity contribution in [3.05, 3.63) is 24.3 Å². The van der Waals surface area contributed by atoms with Crippen LogP contribution in [0.25, 0.3) is 0 Å². The molecule has 4 rings (SSSR count). The van der Waals surface area contributed by atoms with Crippen LogP contribution in [0.3, 0.4) is 0 Å². The van der Waals surface area contributed by atoms with Crippen molar-refractivity contribution >= 4 is 11.8 Å². The quantitative estimate of drug-likeness (QED) is 0.821. The van der Waals surface area contributed by atoms with E-state index in [2.05, 4.69) is 5.32 Å². The number of hydrogen-bond acceptors (Lipinski definition) is 4. The van der Waals surface area contributed by atoms with Crippen molar-refractivity contribution in [3.63, 3.8) is 0 Å². The van der Waals surface area contributed by atoms with Gasteiger partial charge < -0.3 is 14.2 Å². The Morgan fingerprint density at radius 3 is 2.59 bits per heavy atom. The molecular weight excluding hydrogens is 282 g/mol. The summed E-state index contributed by atoms with van der Waals surface area (Å²) in [6.45, 7) is 1.93. The molecule has 118 valence electrons. The number of anilines is 1. The van der Waals surface area contributed by atoms with Crippen molar-refractivity contribution in [2.24, 2.45) is 17.8 Å². The van der Waals surface area contributed by atoms with Crippen LogP contribution >= 0.6 is 0 Å². The molecule has 3 aliphatic rings. The molecule has 1 aromatic rings. The van der Waals surface area contributed by atoms with Crippen molar-refractivity contribution in [1.82, 2.24) is 0 Å². The van der Waals surface area contributed by atoms with Gasteiger partial charge in [0.2, 0.25) is 0 Å². The molecule has 0 spiro atoms. The van der Waals surface area contributed by atoms with E-state index in [1.54, 1.807) is 0 Å². The fourth-order valence-corrected chi connectivity index (χ4v) is 3.53. The molecule has 1 N–H and O–H groups in total. The predicted molar refractivity (Wildman–Crippen MR) is 81.0 cm³/mol. The molecule has 1 heterocycles. The second-order valence-electron chi connectivity index (χ2n) is 6.44. The van der Waals surface area contributed by atoms with Crippen molar-refractivity contribution in [2.45, 2.75) is 25.4 Å². The third-order valence-electron chi connectivity index (χ3n) is 4.93. The fraction of sp³-hybridized carbons (Fsp3) is 0.588. The first-order chi connectivity index (χ1) is 10.8. The van der Waals surface area contributed by atoms with E-state index in [-0.39, 0.29) is 12.2 Å². The Bertz CT molecular complexity index is 530. The zero-order valence-corrected chi connectivity index (χ0v) is 12.5. The van der Waals surface area contributed by atoms with Gasteiger partial charge in [-0.2, -0.15) is 0 Å². The smallest absolute Gasteiger partial charge is 0.411 e. The van der Waals surface area contributed by atoms with Crippen LogP contribution in [0.5, 0.6) is 5.75 Å². The first-order valence-corrected chi connectivity index (χ1v) is 8.08. The fourth-order valence-electron chi connectivity index (χ4n) is 3.53. The van der Waals surface area contributed by atoms with Gasteiger partial charge in [0.05, 0.1) is 13.2 Å². The molecule has 3 atom stereocenters. The first kappa shape index (κ1) is 13.9. The third-order valence-corrected chi connectivity index (χ3v) is 4.93. The summed E-state index contributed by atoms with van der Waals surface area (Å²) >= 11 is 0. The van der Waals surface area contributed by atoms with Gasteiger partial charge in [-0.1, -0.05) is 6.42 Å². The molecule has 0 bridgehead atoms. The number of nitrogens with one attached hydrogen (secondary N) is 1. The molecule has 3 unspecified atom stereocenters. The number of hydrogen-bond donors (Lipinski definition) is 1. The Kier molecular flexibility index (Phi) is 3.66. The van der Waals surface area contributed by atoms with Crippen molar-refractivity contribution < 1.29 is 19.0 Å². The monoisotopic (exact) mass is 303 g/mol. The summed E-state index contributed by atoms with van der Waals surface area (Å²) in [6, 6.07) is 7.30. The van der Waals surface area contributed by atoms with Gasteiger partial charge in [0.25, 0.3) is 0 Å². The van der Waals surface area contributed by atoms with Gasteiger partial charge in [-0.25, -0.2) is 4.79 Å². The zero-order chi connectivity index (χ0) is 14.9. The van der Waals surface area contributed by atoms with E-state index >= 15 is 0 Å². The normalized spacial score (nSPS) is 31.3. The number of carbonyl (C=O) groups is 1. The highest BCUT2D eigenvalue weighted by Gasteiger charge is 2.52. The molecular formula is C17H21NO4. The molecule has 5 nitrogen and oxygen atoms in total. The minimum Gasteiger partial charge on any atom is -0.491 e. The number of rotatable bonds is 6. The summed E-state index contributed by atoms with van der Waals surface area (Å²) < 4.78 is 16.0. The highest BCUT2D eigenvalue weighted by atomic mass is 16.6. The van der Waals surface area contributed by atoms with Gasteiger partial charge in [0.1, 0.15) is 18.5 Å². The van der Waals surface area contributed by atoms with Crippen molar-refractivity contribution in [2.75, 3.05) is 25.1 Å². The highest BCUT2D eigenvalue weighted by Crippen LogP contribution is 2.57. The molecule has 2 saturated carbocycles. The maximum absolute atomic E-state index is 11.8.